The number of para-hydroxylation sites is 2. The van der Waals surface area contributed by atoms with Crippen LogP contribution in [-0.2, 0) is 21.0 Å². The van der Waals surface area contributed by atoms with Crippen molar-refractivity contribution in [2.75, 3.05) is 10.8 Å². The number of benzene rings is 3. The fraction of sp³-hybridized carbons (Fsp3) is 0.143. The second-order valence-electron chi connectivity index (χ2n) is 8.75. The molecule has 12 heteroatoms. The number of amides is 1. The predicted octanol–water partition coefficient (Wildman–Crippen LogP) is 6.11. The molecule has 1 heterocycles. The summed E-state index contributed by atoms with van der Waals surface area (Å²) < 4.78 is 69.9. The lowest BCUT2D eigenvalue weighted by atomic mass is 10.1. The fourth-order valence-electron chi connectivity index (χ4n) is 4.21. The summed E-state index contributed by atoms with van der Waals surface area (Å²) in [6.07, 6.45) is -3.26. The Hall–Kier alpha value is -4.09. The van der Waals surface area contributed by atoms with E-state index in [4.69, 9.17) is 11.6 Å². The Labute approximate surface area is 234 Å². The molecule has 0 aliphatic carbocycles. The first-order valence-corrected chi connectivity index (χ1v) is 13.7. The lowest BCUT2D eigenvalue weighted by Gasteiger charge is -2.24. The van der Waals surface area contributed by atoms with Crippen LogP contribution in [0.25, 0.3) is 5.69 Å². The molecule has 40 heavy (non-hydrogen) atoms. The van der Waals surface area contributed by atoms with E-state index in [9.17, 15) is 26.4 Å². The molecule has 208 valence electrons. The van der Waals surface area contributed by atoms with Crippen LogP contribution >= 0.6 is 11.6 Å². The quantitative estimate of drug-likeness (QED) is 0.199. The first kappa shape index (κ1) is 28.9. The van der Waals surface area contributed by atoms with Crippen LogP contribution < -0.4 is 9.73 Å². The number of aryl methyl sites for hydroxylation is 1. The van der Waals surface area contributed by atoms with Gasteiger partial charge in [-0.25, -0.2) is 13.8 Å². The molecular weight excluding hydrogens is 565 g/mol. The van der Waals surface area contributed by atoms with E-state index in [0.717, 1.165) is 10.4 Å². The number of anilines is 1. The van der Waals surface area contributed by atoms with E-state index < -0.39 is 34.2 Å². The third-order valence-electron chi connectivity index (χ3n) is 6.05. The molecule has 0 spiro atoms. The summed E-state index contributed by atoms with van der Waals surface area (Å²) in [5, 5.41) is 4.06. The summed E-state index contributed by atoms with van der Waals surface area (Å²) in [5.74, 6) is -0.757. The lowest BCUT2D eigenvalue weighted by molar-refractivity contribution is -0.137. The number of aromatic nitrogens is 1. The molecule has 0 atom stereocenters. The summed E-state index contributed by atoms with van der Waals surface area (Å²) in [7, 11) is -4.16. The van der Waals surface area contributed by atoms with Crippen LogP contribution in [-0.4, -0.2) is 31.7 Å². The van der Waals surface area contributed by atoms with Gasteiger partial charge in [-0.05, 0) is 56.3 Å². The Morgan fingerprint density at radius 3 is 2.30 bits per heavy atom. The molecule has 0 bridgehead atoms. The van der Waals surface area contributed by atoms with Gasteiger partial charge in [0.05, 0.1) is 33.1 Å². The Morgan fingerprint density at radius 2 is 1.62 bits per heavy atom. The molecular formula is C28H24ClF3N4O3S. The van der Waals surface area contributed by atoms with Crippen LogP contribution in [0.4, 0.5) is 18.9 Å². The van der Waals surface area contributed by atoms with Crippen LogP contribution in [0.3, 0.4) is 0 Å². The molecule has 0 radical (unpaired) electrons. The third kappa shape index (κ3) is 6.05. The molecule has 1 amide bonds. The molecule has 7 nitrogen and oxygen atoms in total. The van der Waals surface area contributed by atoms with E-state index in [0.29, 0.717) is 17.0 Å². The van der Waals surface area contributed by atoms with E-state index in [-0.39, 0.29) is 21.3 Å². The summed E-state index contributed by atoms with van der Waals surface area (Å²) in [4.78, 5) is 12.8. The van der Waals surface area contributed by atoms with Crippen molar-refractivity contribution in [1.82, 2.24) is 9.99 Å². The number of alkyl halides is 3. The van der Waals surface area contributed by atoms with Gasteiger partial charge < -0.3 is 4.57 Å². The number of nitrogens with zero attached hydrogens (tertiary/aromatic N) is 3. The Bertz CT molecular complexity index is 1670. The molecule has 1 N–H and O–H groups in total. The number of halogens is 4. The highest BCUT2D eigenvalue weighted by Gasteiger charge is 2.34. The molecule has 4 aromatic rings. The highest BCUT2D eigenvalue weighted by atomic mass is 35.5. The van der Waals surface area contributed by atoms with E-state index in [1.54, 1.807) is 50.2 Å². The zero-order valence-corrected chi connectivity index (χ0v) is 22.9. The van der Waals surface area contributed by atoms with Gasteiger partial charge in [0.2, 0.25) is 0 Å². The minimum absolute atomic E-state index is 0.0298. The van der Waals surface area contributed by atoms with Crippen molar-refractivity contribution in [3.8, 4) is 5.69 Å². The summed E-state index contributed by atoms with van der Waals surface area (Å²) in [6, 6.07) is 20.7. The zero-order valence-electron chi connectivity index (χ0n) is 21.4. The highest BCUT2D eigenvalue weighted by molar-refractivity contribution is 7.92. The monoisotopic (exact) mass is 588 g/mol. The standard InChI is InChI=1S/C28H24ClF3N4O3S/c1-19-16-21(20(2)36(19)25-14-8-6-12-23(25)28(30,31)32)17-33-34-27(37)18-35(26-15-9-7-13-24(26)29)40(38,39)22-10-4-3-5-11-22/h3-17H,18H2,1-2H3,(H,34,37)/b33-17-. The topological polar surface area (TPSA) is 83.8 Å². The van der Waals surface area contributed by atoms with Gasteiger partial charge in [0.1, 0.15) is 6.54 Å². The number of carbonyl (C=O) groups excluding carboxylic acids is 1. The van der Waals surface area contributed by atoms with Gasteiger partial charge in [-0.1, -0.05) is 54.1 Å². The number of hydrogen-bond donors (Lipinski definition) is 1. The number of hydrogen-bond acceptors (Lipinski definition) is 4. The van der Waals surface area contributed by atoms with Crippen molar-refractivity contribution < 1.29 is 26.4 Å². The number of sulfonamides is 1. The normalized spacial score (nSPS) is 12.1. The van der Waals surface area contributed by atoms with Crippen molar-refractivity contribution in [3.05, 3.63) is 112 Å². The van der Waals surface area contributed by atoms with Crippen molar-refractivity contribution in [2.24, 2.45) is 5.10 Å². The average molecular weight is 589 g/mol. The molecule has 1 aromatic heterocycles. The Morgan fingerprint density at radius 1 is 1.00 bits per heavy atom. The van der Waals surface area contributed by atoms with Crippen molar-refractivity contribution in [2.45, 2.75) is 24.9 Å². The number of carbonyl (C=O) groups is 1. The molecule has 0 unspecified atom stereocenters. The lowest BCUT2D eigenvalue weighted by Crippen LogP contribution is -2.39. The largest absolute Gasteiger partial charge is 0.418 e. The maximum atomic E-state index is 13.6. The van der Waals surface area contributed by atoms with Crippen LogP contribution in [0.1, 0.15) is 22.5 Å². The minimum atomic E-state index is -4.55. The molecule has 0 saturated carbocycles. The SMILES string of the molecule is Cc1cc(/C=N\NC(=O)CN(c2ccccc2Cl)S(=O)(=O)c2ccccc2)c(C)n1-c1ccccc1C(F)(F)F. The second-order valence-corrected chi connectivity index (χ2v) is 11.0. The van der Waals surface area contributed by atoms with Gasteiger partial charge >= 0.3 is 6.18 Å². The summed E-state index contributed by atoms with van der Waals surface area (Å²) in [6.45, 7) is 2.66. The number of hydrazone groups is 1. The highest BCUT2D eigenvalue weighted by Crippen LogP contribution is 2.35. The number of nitrogens with one attached hydrogen (secondary N) is 1. The Kier molecular flexibility index (Phi) is 8.36. The molecule has 0 fully saturated rings. The molecule has 0 aliphatic heterocycles. The maximum Gasteiger partial charge on any atom is 0.418 e. The van der Waals surface area contributed by atoms with Gasteiger partial charge in [0.15, 0.2) is 0 Å². The second kappa shape index (κ2) is 11.6. The molecule has 4 rings (SSSR count). The summed E-state index contributed by atoms with van der Waals surface area (Å²) >= 11 is 6.26. The minimum Gasteiger partial charge on any atom is -0.317 e. The van der Waals surface area contributed by atoms with Crippen LogP contribution in [0, 0.1) is 13.8 Å². The predicted molar refractivity (Wildman–Crippen MR) is 148 cm³/mol. The van der Waals surface area contributed by atoms with Crippen molar-refractivity contribution in [3.63, 3.8) is 0 Å². The fourth-order valence-corrected chi connectivity index (χ4v) is 5.96. The van der Waals surface area contributed by atoms with Gasteiger partial charge in [0.25, 0.3) is 15.9 Å². The molecule has 3 aromatic carbocycles. The van der Waals surface area contributed by atoms with Crippen LogP contribution in [0.15, 0.2) is 94.9 Å². The van der Waals surface area contributed by atoms with E-state index in [1.165, 1.54) is 53.2 Å². The Balaban J connectivity index is 1.58. The zero-order chi connectivity index (χ0) is 29.1. The molecule has 0 aliphatic rings. The van der Waals surface area contributed by atoms with Gasteiger partial charge in [0, 0.05) is 17.0 Å². The first-order valence-electron chi connectivity index (χ1n) is 11.9. The van der Waals surface area contributed by atoms with Crippen LogP contribution in [0.5, 0.6) is 0 Å². The van der Waals surface area contributed by atoms with Crippen molar-refractivity contribution in [1.29, 1.82) is 0 Å². The van der Waals surface area contributed by atoms with Gasteiger partial charge in [-0.15, -0.1) is 0 Å². The maximum absolute atomic E-state index is 13.6. The van der Waals surface area contributed by atoms with Crippen LogP contribution in [0.2, 0.25) is 5.02 Å². The van der Waals surface area contributed by atoms with Crippen molar-refractivity contribution >= 4 is 39.4 Å². The van der Waals surface area contributed by atoms with Gasteiger partial charge in [-0.3, -0.25) is 9.10 Å². The molecule has 0 saturated heterocycles. The third-order valence-corrected chi connectivity index (χ3v) is 8.15. The van der Waals surface area contributed by atoms with E-state index in [1.807, 2.05) is 0 Å². The first-order chi connectivity index (χ1) is 18.9. The van der Waals surface area contributed by atoms with E-state index >= 15 is 0 Å². The van der Waals surface area contributed by atoms with Gasteiger partial charge in [-0.2, -0.15) is 18.3 Å². The number of rotatable bonds is 8. The summed E-state index contributed by atoms with van der Waals surface area (Å²) in [5.41, 5.74) is 3.06. The van der Waals surface area contributed by atoms with E-state index in [2.05, 4.69) is 10.5 Å². The average Bonchev–Trinajstić information content (AvgIpc) is 3.20. The smallest absolute Gasteiger partial charge is 0.317 e.